The largest absolute Gasteiger partial charge is 0.385 e. The van der Waals surface area contributed by atoms with Gasteiger partial charge in [-0.3, -0.25) is 24.3 Å². The average molecular weight is 484 g/mol. The molecule has 2 saturated heterocycles. The van der Waals surface area contributed by atoms with E-state index in [2.05, 4.69) is 4.98 Å². The van der Waals surface area contributed by atoms with Crippen LogP contribution in [0.5, 0.6) is 0 Å². The van der Waals surface area contributed by atoms with Crippen LogP contribution in [0.1, 0.15) is 55.8 Å². The van der Waals surface area contributed by atoms with E-state index in [0.717, 1.165) is 25.0 Å². The molecule has 1 aromatic carbocycles. The van der Waals surface area contributed by atoms with Crippen LogP contribution in [0.25, 0.3) is 0 Å². The minimum atomic E-state index is -1.31. The molecule has 0 spiro atoms. The van der Waals surface area contributed by atoms with Gasteiger partial charge in [0.25, 0.3) is 0 Å². The highest BCUT2D eigenvalue weighted by molar-refractivity contribution is 6.32. The Morgan fingerprint density at radius 2 is 1.97 bits per heavy atom. The molecule has 0 radical (unpaired) electrons. The van der Waals surface area contributed by atoms with Crippen LogP contribution < -0.4 is 0 Å². The number of pyridine rings is 1. The number of aromatic nitrogens is 1. The molecule has 0 aliphatic carbocycles. The summed E-state index contributed by atoms with van der Waals surface area (Å²) in [6.45, 7) is 1.29. The topological polar surface area (TPSA) is 79.8 Å². The normalized spacial score (nSPS) is 22.9. The fourth-order valence-electron chi connectivity index (χ4n) is 5.16. The number of hydrogen-bond acceptors (Lipinski definition) is 5. The van der Waals surface area contributed by atoms with Crippen molar-refractivity contribution < 1.29 is 19.1 Å². The van der Waals surface area contributed by atoms with Crippen LogP contribution in [0.3, 0.4) is 0 Å². The Balaban J connectivity index is 1.67. The number of halogens is 1. The summed E-state index contributed by atoms with van der Waals surface area (Å²) in [4.78, 5) is 48.2. The van der Waals surface area contributed by atoms with Gasteiger partial charge in [0, 0.05) is 50.9 Å². The molecule has 2 fully saturated rings. The molecular formula is C26H30ClN3O4. The van der Waals surface area contributed by atoms with Gasteiger partial charge in [0.05, 0.1) is 17.2 Å². The summed E-state index contributed by atoms with van der Waals surface area (Å²) in [5.74, 6) is -0.801. The molecule has 3 amide bonds. The molecule has 2 aliphatic heterocycles. The first-order valence-electron chi connectivity index (χ1n) is 11.8. The van der Waals surface area contributed by atoms with E-state index >= 15 is 0 Å². The van der Waals surface area contributed by atoms with Gasteiger partial charge >= 0.3 is 0 Å². The quantitative estimate of drug-likeness (QED) is 0.420. The number of benzene rings is 1. The van der Waals surface area contributed by atoms with Gasteiger partial charge in [-0.25, -0.2) is 0 Å². The van der Waals surface area contributed by atoms with Crippen molar-refractivity contribution >= 4 is 29.3 Å². The number of nitrogens with zero attached hydrogens (tertiary/aromatic N) is 3. The molecule has 7 nitrogen and oxygen atoms in total. The molecule has 180 valence electrons. The van der Waals surface area contributed by atoms with Crippen LogP contribution in [-0.4, -0.2) is 59.3 Å². The third-order valence-corrected chi connectivity index (χ3v) is 7.16. The van der Waals surface area contributed by atoms with Crippen LogP contribution in [-0.2, 0) is 24.5 Å². The lowest BCUT2D eigenvalue weighted by molar-refractivity contribution is -0.144. The van der Waals surface area contributed by atoms with E-state index in [-0.39, 0.29) is 43.1 Å². The van der Waals surface area contributed by atoms with Crippen molar-refractivity contribution in [3.05, 3.63) is 64.9 Å². The Labute approximate surface area is 205 Å². The van der Waals surface area contributed by atoms with Crippen molar-refractivity contribution in [2.24, 2.45) is 0 Å². The van der Waals surface area contributed by atoms with Crippen molar-refractivity contribution in [3.8, 4) is 0 Å². The zero-order chi connectivity index (χ0) is 24.1. The summed E-state index contributed by atoms with van der Waals surface area (Å²) in [5.41, 5.74) is 0.0625. The van der Waals surface area contributed by atoms with Gasteiger partial charge in [0.15, 0.2) is 0 Å². The maximum atomic E-state index is 13.8. The van der Waals surface area contributed by atoms with Crippen molar-refractivity contribution in [1.29, 1.82) is 0 Å². The minimum Gasteiger partial charge on any atom is -0.385 e. The maximum Gasteiger partial charge on any atom is 0.240 e. The zero-order valence-corrected chi connectivity index (χ0v) is 20.2. The van der Waals surface area contributed by atoms with Crippen molar-refractivity contribution in [3.63, 3.8) is 0 Å². The van der Waals surface area contributed by atoms with Gasteiger partial charge in [0.1, 0.15) is 0 Å². The standard InChI is InChI=1S/C26H30ClN3O4/c1-34-16-8-15-30-24(32)18-26(25(30)33,19-9-2-3-10-20(19)27)17-23(31)29-14-7-5-12-22(29)21-11-4-6-13-28-21/h2-4,6,9-11,13,22H,5,7-8,12,14-18H2,1H3. The molecule has 0 saturated carbocycles. The molecule has 2 atom stereocenters. The smallest absolute Gasteiger partial charge is 0.240 e. The van der Waals surface area contributed by atoms with E-state index in [1.807, 2.05) is 23.1 Å². The SMILES string of the molecule is COCCCN1C(=O)CC(CC(=O)N2CCCCC2c2ccccn2)(c2ccccc2Cl)C1=O. The van der Waals surface area contributed by atoms with E-state index in [0.29, 0.717) is 30.2 Å². The first kappa shape index (κ1) is 24.4. The molecule has 0 N–H and O–H groups in total. The van der Waals surface area contributed by atoms with E-state index in [1.165, 1.54) is 4.90 Å². The fourth-order valence-corrected chi connectivity index (χ4v) is 5.47. The van der Waals surface area contributed by atoms with Crippen LogP contribution in [0.4, 0.5) is 0 Å². The molecule has 0 bridgehead atoms. The lowest BCUT2D eigenvalue weighted by Crippen LogP contribution is -2.46. The molecule has 1 aromatic heterocycles. The van der Waals surface area contributed by atoms with E-state index < -0.39 is 5.41 Å². The van der Waals surface area contributed by atoms with Gasteiger partial charge in [-0.2, -0.15) is 0 Å². The highest BCUT2D eigenvalue weighted by atomic mass is 35.5. The second kappa shape index (κ2) is 10.7. The number of likely N-dealkylation sites (tertiary alicyclic amines) is 2. The van der Waals surface area contributed by atoms with Crippen LogP contribution in [0.15, 0.2) is 48.7 Å². The highest BCUT2D eigenvalue weighted by Crippen LogP contribution is 2.44. The number of ether oxygens (including phenoxy) is 1. The van der Waals surface area contributed by atoms with Gasteiger partial charge in [-0.05, 0) is 49.4 Å². The second-order valence-corrected chi connectivity index (χ2v) is 9.37. The molecule has 34 heavy (non-hydrogen) atoms. The summed E-state index contributed by atoms with van der Waals surface area (Å²) in [6.07, 6.45) is 4.80. The summed E-state index contributed by atoms with van der Waals surface area (Å²) < 4.78 is 5.09. The lowest BCUT2D eigenvalue weighted by Gasteiger charge is -2.38. The monoisotopic (exact) mass is 483 g/mol. The zero-order valence-electron chi connectivity index (χ0n) is 19.4. The van der Waals surface area contributed by atoms with Crippen molar-refractivity contribution in [2.75, 3.05) is 26.8 Å². The third kappa shape index (κ3) is 4.72. The number of methoxy groups -OCH3 is 1. The van der Waals surface area contributed by atoms with Crippen molar-refractivity contribution in [1.82, 2.24) is 14.8 Å². The van der Waals surface area contributed by atoms with Crippen LogP contribution in [0.2, 0.25) is 5.02 Å². The highest BCUT2D eigenvalue weighted by Gasteiger charge is 2.55. The number of amides is 3. The number of piperidine rings is 1. The Morgan fingerprint density at radius 3 is 2.71 bits per heavy atom. The summed E-state index contributed by atoms with van der Waals surface area (Å²) in [6, 6.07) is 12.6. The number of hydrogen-bond donors (Lipinski definition) is 0. The molecule has 8 heteroatoms. The average Bonchev–Trinajstić information content (AvgIpc) is 3.09. The maximum absolute atomic E-state index is 13.8. The van der Waals surface area contributed by atoms with Gasteiger partial charge in [-0.15, -0.1) is 0 Å². The molecule has 2 aromatic rings. The number of imide groups is 1. The Hall–Kier alpha value is -2.77. The first-order valence-corrected chi connectivity index (χ1v) is 12.1. The number of carbonyl (C=O) groups is 3. The van der Waals surface area contributed by atoms with E-state index in [9.17, 15) is 14.4 Å². The Morgan fingerprint density at radius 1 is 1.18 bits per heavy atom. The predicted molar refractivity (Wildman–Crippen MR) is 128 cm³/mol. The van der Waals surface area contributed by atoms with Gasteiger partial charge < -0.3 is 9.64 Å². The molecule has 2 aliphatic rings. The summed E-state index contributed by atoms with van der Waals surface area (Å²) in [7, 11) is 1.58. The second-order valence-electron chi connectivity index (χ2n) is 8.97. The minimum absolute atomic E-state index is 0.0730. The number of carbonyl (C=O) groups excluding carboxylic acids is 3. The van der Waals surface area contributed by atoms with Crippen LogP contribution >= 0.6 is 11.6 Å². The molecular weight excluding hydrogens is 454 g/mol. The van der Waals surface area contributed by atoms with E-state index in [1.54, 1.807) is 37.6 Å². The third-order valence-electron chi connectivity index (χ3n) is 6.83. The molecule has 2 unspecified atom stereocenters. The first-order chi connectivity index (χ1) is 16.5. The predicted octanol–water partition coefficient (Wildman–Crippen LogP) is 3.91. The molecule has 4 rings (SSSR count). The van der Waals surface area contributed by atoms with Gasteiger partial charge in [0.2, 0.25) is 17.7 Å². The van der Waals surface area contributed by atoms with E-state index in [4.69, 9.17) is 16.3 Å². The fraction of sp³-hybridized carbons (Fsp3) is 0.462. The molecule has 3 heterocycles. The summed E-state index contributed by atoms with van der Waals surface area (Å²) >= 11 is 6.54. The Kier molecular flexibility index (Phi) is 7.63. The lowest BCUT2D eigenvalue weighted by atomic mass is 9.75. The number of rotatable bonds is 8. The van der Waals surface area contributed by atoms with Crippen LogP contribution in [0, 0.1) is 0 Å². The van der Waals surface area contributed by atoms with Gasteiger partial charge in [-0.1, -0.05) is 35.9 Å². The van der Waals surface area contributed by atoms with Crippen molar-refractivity contribution in [2.45, 2.75) is 50.0 Å². The Bertz CT molecular complexity index is 1050. The summed E-state index contributed by atoms with van der Waals surface area (Å²) in [5, 5.41) is 0.384.